The summed E-state index contributed by atoms with van der Waals surface area (Å²) in [6.07, 6.45) is -0.742. The van der Waals surface area contributed by atoms with Gasteiger partial charge in [-0.1, -0.05) is 44.2 Å². The first-order valence-electron chi connectivity index (χ1n) is 15.1. The molecule has 0 aliphatic carbocycles. The number of aromatic nitrogens is 4. The van der Waals surface area contributed by atoms with Crippen molar-refractivity contribution in [2.75, 3.05) is 13.7 Å². The number of methoxy groups -OCH3 is 1. The third kappa shape index (κ3) is 8.67. The quantitative estimate of drug-likeness (QED) is 0.146. The molecule has 5 rings (SSSR count). The fourth-order valence-corrected chi connectivity index (χ4v) is 5.88. The van der Waals surface area contributed by atoms with Crippen LogP contribution in [0, 0.1) is 6.92 Å². The van der Waals surface area contributed by atoms with Crippen molar-refractivity contribution >= 4 is 17.4 Å². The topological polar surface area (TPSA) is 95.6 Å². The van der Waals surface area contributed by atoms with Gasteiger partial charge in [0.1, 0.15) is 17.8 Å². The molecule has 0 saturated heterocycles. The summed E-state index contributed by atoms with van der Waals surface area (Å²) in [4.78, 5) is 22.1. The molecule has 9 nitrogen and oxygen atoms in total. The number of amides is 2. The average Bonchev–Trinajstić information content (AvgIpc) is 3.67. The first-order chi connectivity index (χ1) is 22.5. The monoisotopic (exact) mass is 664 g/mol. The van der Waals surface area contributed by atoms with E-state index in [1.165, 1.54) is 46.6 Å². The molecule has 0 radical (unpaired) electrons. The van der Waals surface area contributed by atoms with Gasteiger partial charge in [-0.15, -0.1) is 29.6 Å². The number of nitrogens with zero attached hydrogens (tertiary/aromatic N) is 5. The Morgan fingerprint density at radius 1 is 1.02 bits per heavy atom. The summed E-state index contributed by atoms with van der Waals surface area (Å²) in [7, 11) is 1.64. The molecule has 0 atom stereocenters. The lowest BCUT2D eigenvalue weighted by Crippen LogP contribution is -2.25. The van der Waals surface area contributed by atoms with Crippen LogP contribution in [0.25, 0.3) is 22.8 Å². The van der Waals surface area contributed by atoms with Gasteiger partial charge in [-0.25, -0.2) is 14.5 Å². The Kier molecular flexibility index (Phi) is 10.4. The summed E-state index contributed by atoms with van der Waals surface area (Å²) in [5.41, 5.74) is 5.58. The third-order valence-electron chi connectivity index (χ3n) is 7.38. The van der Waals surface area contributed by atoms with E-state index in [0.29, 0.717) is 22.9 Å². The van der Waals surface area contributed by atoms with Gasteiger partial charge in [0.15, 0.2) is 10.6 Å². The van der Waals surface area contributed by atoms with Crippen LogP contribution in [-0.2, 0) is 6.42 Å². The first-order valence-corrected chi connectivity index (χ1v) is 15.9. The summed E-state index contributed by atoms with van der Waals surface area (Å²) >= 11 is 1.42. The van der Waals surface area contributed by atoms with Gasteiger partial charge >= 0.3 is 12.4 Å². The molecule has 0 aliphatic rings. The summed E-state index contributed by atoms with van der Waals surface area (Å²) in [6.45, 7) is 6.76. The van der Waals surface area contributed by atoms with Crippen LogP contribution in [0.2, 0.25) is 0 Å². The van der Waals surface area contributed by atoms with Crippen LogP contribution in [0.15, 0.2) is 83.4 Å². The van der Waals surface area contributed by atoms with E-state index in [2.05, 4.69) is 45.0 Å². The minimum atomic E-state index is -4.74. The molecule has 0 aliphatic heterocycles. The normalized spacial score (nSPS) is 12.0. The molecule has 3 aromatic carbocycles. The molecular formula is C34H35F3N6O3S. The SMILES string of the molecule is COc1ccc(C(C)C)c(-n2c(C)csc2=NC(=O)NCCCCc2ccc(-c3ncn(-c4ccc(OC(F)(F)F)cc4)n3)cc2)c1. The number of carbonyl (C=O) groups excluding carboxylic acids is 1. The van der Waals surface area contributed by atoms with Crippen molar-refractivity contribution in [1.82, 2.24) is 24.6 Å². The van der Waals surface area contributed by atoms with Crippen LogP contribution < -0.4 is 19.6 Å². The molecule has 0 bridgehead atoms. The van der Waals surface area contributed by atoms with Crippen molar-refractivity contribution < 1.29 is 27.4 Å². The van der Waals surface area contributed by atoms with E-state index >= 15 is 0 Å². The number of alkyl halides is 3. The number of hydrogen-bond acceptors (Lipinski definition) is 6. The lowest BCUT2D eigenvalue weighted by molar-refractivity contribution is -0.274. The van der Waals surface area contributed by atoms with Crippen LogP contribution in [0.5, 0.6) is 11.5 Å². The van der Waals surface area contributed by atoms with Crippen LogP contribution in [-0.4, -0.2) is 45.4 Å². The molecule has 2 amide bonds. The van der Waals surface area contributed by atoms with Gasteiger partial charge in [-0.2, -0.15) is 4.99 Å². The number of ether oxygens (including phenoxy) is 2. The molecule has 246 valence electrons. The summed E-state index contributed by atoms with van der Waals surface area (Å²) < 4.78 is 50.1. The van der Waals surface area contributed by atoms with E-state index in [-0.39, 0.29) is 17.7 Å². The highest BCUT2D eigenvalue weighted by molar-refractivity contribution is 7.07. The fraction of sp³-hybridized carbons (Fsp3) is 0.294. The zero-order valence-corrected chi connectivity index (χ0v) is 27.2. The molecule has 5 aromatic rings. The highest BCUT2D eigenvalue weighted by Crippen LogP contribution is 2.28. The zero-order chi connectivity index (χ0) is 33.6. The third-order valence-corrected chi connectivity index (χ3v) is 8.33. The molecular weight excluding hydrogens is 629 g/mol. The van der Waals surface area contributed by atoms with Crippen LogP contribution in [0.4, 0.5) is 18.0 Å². The molecule has 1 N–H and O–H groups in total. The lowest BCUT2D eigenvalue weighted by Gasteiger charge is -2.16. The Balaban J connectivity index is 1.12. The second-order valence-corrected chi connectivity index (χ2v) is 12.0. The van der Waals surface area contributed by atoms with Crippen molar-refractivity contribution in [3.63, 3.8) is 0 Å². The molecule has 2 aromatic heterocycles. The lowest BCUT2D eigenvalue weighted by atomic mass is 10.0. The highest BCUT2D eigenvalue weighted by atomic mass is 32.1. The fourth-order valence-electron chi connectivity index (χ4n) is 5.01. The van der Waals surface area contributed by atoms with Gasteiger partial charge < -0.3 is 14.8 Å². The molecule has 0 saturated carbocycles. The van der Waals surface area contributed by atoms with E-state index in [1.54, 1.807) is 7.11 Å². The van der Waals surface area contributed by atoms with Gasteiger partial charge in [0.05, 0.1) is 18.5 Å². The van der Waals surface area contributed by atoms with E-state index < -0.39 is 6.36 Å². The van der Waals surface area contributed by atoms with Gasteiger partial charge in [0.2, 0.25) is 0 Å². The maximum Gasteiger partial charge on any atom is 0.573 e. The van der Waals surface area contributed by atoms with E-state index in [1.807, 2.05) is 53.3 Å². The maximum absolute atomic E-state index is 12.7. The number of urea groups is 1. The van der Waals surface area contributed by atoms with Crippen LogP contribution in [0.1, 0.15) is 49.4 Å². The number of rotatable bonds is 11. The van der Waals surface area contributed by atoms with Crippen molar-refractivity contribution in [3.8, 4) is 34.3 Å². The highest BCUT2D eigenvalue weighted by Gasteiger charge is 2.31. The molecule has 47 heavy (non-hydrogen) atoms. The number of halogens is 3. The second-order valence-electron chi connectivity index (χ2n) is 11.1. The smallest absolute Gasteiger partial charge is 0.497 e. The van der Waals surface area contributed by atoms with Gasteiger partial charge in [0, 0.05) is 29.2 Å². The Bertz CT molecular complexity index is 1880. The van der Waals surface area contributed by atoms with Crippen molar-refractivity contribution in [2.45, 2.75) is 52.3 Å². The number of hydrogen-bond donors (Lipinski definition) is 1. The van der Waals surface area contributed by atoms with Crippen molar-refractivity contribution in [1.29, 1.82) is 0 Å². The van der Waals surface area contributed by atoms with Gasteiger partial charge in [-0.05, 0) is 73.6 Å². The Hall–Kier alpha value is -4.91. The molecule has 13 heteroatoms. The van der Waals surface area contributed by atoms with Gasteiger partial charge in [0.25, 0.3) is 0 Å². The number of benzene rings is 3. The Morgan fingerprint density at radius 2 is 1.74 bits per heavy atom. The Labute approximate surface area is 274 Å². The minimum Gasteiger partial charge on any atom is -0.497 e. The molecule has 0 fully saturated rings. The summed E-state index contributed by atoms with van der Waals surface area (Å²) in [5, 5.41) is 9.35. The van der Waals surface area contributed by atoms with E-state index in [4.69, 9.17) is 4.74 Å². The predicted molar refractivity (Wildman–Crippen MR) is 174 cm³/mol. The molecule has 2 heterocycles. The van der Waals surface area contributed by atoms with Crippen LogP contribution in [0.3, 0.4) is 0 Å². The van der Waals surface area contributed by atoms with Crippen molar-refractivity contribution in [2.24, 2.45) is 4.99 Å². The minimum absolute atomic E-state index is 0.278. The first kappa shape index (κ1) is 33.5. The zero-order valence-electron chi connectivity index (χ0n) is 26.4. The van der Waals surface area contributed by atoms with Crippen LogP contribution >= 0.6 is 11.3 Å². The average molecular weight is 665 g/mol. The molecule has 0 spiro atoms. The number of aryl methyl sites for hydroxylation is 2. The van der Waals surface area contributed by atoms with Gasteiger partial charge in [-0.3, -0.25) is 4.57 Å². The standard InChI is InChI=1S/C34H35F3N6O3S/c1-22(2)29-17-16-28(45-4)19-30(29)43-23(3)20-47-33(43)40-32(44)38-18-6-5-7-24-8-10-25(11-9-24)31-39-21-42(41-31)26-12-14-27(15-13-26)46-34(35,36)37/h8-17,19-22H,5-7,18H2,1-4H3,(H,38,44). The largest absolute Gasteiger partial charge is 0.573 e. The number of nitrogens with one attached hydrogen (secondary N) is 1. The number of unbranched alkanes of at least 4 members (excludes halogenated alkanes) is 1. The summed E-state index contributed by atoms with van der Waals surface area (Å²) in [5.74, 6) is 1.21. The van der Waals surface area contributed by atoms with E-state index in [0.717, 1.165) is 53.1 Å². The predicted octanol–water partition coefficient (Wildman–Crippen LogP) is 7.76. The van der Waals surface area contributed by atoms with Crippen molar-refractivity contribution in [3.05, 3.63) is 100 Å². The maximum atomic E-state index is 12.7. The Morgan fingerprint density at radius 3 is 2.43 bits per heavy atom. The van der Waals surface area contributed by atoms with E-state index in [9.17, 15) is 18.0 Å². The molecule has 0 unspecified atom stereocenters. The number of carbonyl (C=O) groups is 1. The second kappa shape index (κ2) is 14.7. The number of thiazole rings is 1. The summed E-state index contributed by atoms with van der Waals surface area (Å²) in [6, 6.07) is 18.9.